The lowest BCUT2D eigenvalue weighted by Crippen LogP contribution is -2.48. The minimum Gasteiger partial charge on any atom is -0.353 e. The first-order chi connectivity index (χ1) is 12.5. The summed E-state index contributed by atoms with van der Waals surface area (Å²) in [5.74, 6) is 1.29. The Labute approximate surface area is 156 Å². The van der Waals surface area contributed by atoms with Crippen LogP contribution in [0.15, 0.2) is 30.3 Å². The van der Waals surface area contributed by atoms with Gasteiger partial charge in [0.05, 0.1) is 11.7 Å². The second kappa shape index (κ2) is 7.31. The molecule has 1 N–H and O–H groups in total. The molecule has 26 heavy (non-hydrogen) atoms. The standard InChI is InChI=1S/C20H28N2O3S/c23-20(21-19-12-16-8-9-17(19)11-16)18-7-4-10-22(13-18)26(24,25)14-15-5-2-1-3-6-15/h1-3,5-6,16-19H,4,7-14H2,(H,21,23). The molecule has 1 heterocycles. The van der Waals surface area contributed by atoms with Crippen LogP contribution in [-0.4, -0.2) is 37.8 Å². The number of rotatable bonds is 5. The van der Waals surface area contributed by atoms with Crippen molar-refractivity contribution in [3.8, 4) is 0 Å². The number of carbonyl (C=O) groups is 1. The molecule has 2 bridgehead atoms. The molecule has 1 aliphatic heterocycles. The summed E-state index contributed by atoms with van der Waals surface area (Å²) in [6.07, 6.45) is 6.45. The molecule has 1 aromatic carbocycles. The molecule has 2 saturated carbocycles. The summed E-state index contributed by atoms with van der Waals surface area (Å²) in [6, 6.07) is 9.58. The summed E-state index contributed by atoms with van der Waals surface area (Å²) >= 11 is 0. The number of benzene rings is 1. The first-order valence-corrected chi connectivity index (χ1v) is 11.4. The van der Waals surface area contributed by atoms with Gasteiger partial charge < -0.3 is 5.32 Å². The molecule has 0 aromatic heterocycles. The predicted octanol–water partition coefficient (Wildman–Crippen LogP) is 2.53. The summed E-state index contributed by atoms with van der Waals surface area (Å²) in [5.41, 5.74) is 0.793. The molecule has 1 amide bonds. The number of piperidine rings is 1. The average molecular weight is 377 g/mol. The highest BCUT2D eigenvalue weighted by molar-refractivity contribution is 7.88. The molecule has 3 aliphatic rings. The van der Waals surface area contributed by atoms with E-state index in [1.54, 1.807) is 0 Å². The number of nitrogens with one attached hydrogen (secondary N) is 1. The molecule has 142 valence electrons. The fourth-order valence-corrected chi connectivity index (χ4v) is 6.62. The second-order valence-corrected chi connectivity index (χ2v) is 10.2. The van der Waals surface area contributed by atoms with Crippen molar-refractivity contribution in [2.75, 3.05) is 13.1 Å². The van der Waals surface area contributed by atoms with Crippen LogP contribution in [-0.2, 0) is 20.6 Å². The van der Waals surface area contributed by atoms with Gasteiger partial charge in [-0.3, -0.25) is 4.79 Å². The maximum Gasteiger partial charge on any atom is 0.224 e. The number of amides is 1. The zero-order valence-corrected chi connectivity index (χ0v) is 16.0. The molecule has 4 rings (SSSR count). The van der Waals surface area contributed by atoms with Crippen LogP contribution in [0.1, 0.15) is 44.1 Å². The van der Waals surface area contributed by atoms with Crippen molar-refractivity contribution >= 4 is 15.9 Å². The number of carbonyl (C=O) groups excluding carboxylic acids is 1. The van der Waals surface area contributed by atoms with Gasteiger partial charge in [-0.15, -0.1) is 0 Å². The normalized spacial score (nSPS) is 31.8. The van der Waals surface area contributed by atoms with Crippen molar-refractivity contribution in [3.05, 3.63) is 35.9 Å². The molecular formula is C20H28N2O3S. The molecule has 4 atom stereocenters. The molecule has 2 aliphatic carbocycles. The van der Waals surface area contributed by atoms with Gasteiger partial charge in [0, 0.05) is 19.1 Å². The van der Waals surface area contributed by atoms with Gasteiger partial charge in [0.15, 0.2) is 0 Å². The molecule has 0 spiro atoms. The Morgan fingerprint density at radius 2 is 1.92 bits per heavy atom. The lowest BCUT2D eigenvalue weighted by atomic mass is 9.93. The van der Waals surface area contributed by atoms with Gasteiger partial charge in [-0.1, -0.05) is 36.8 Å². The van der Waals surface area contributed by atoms with Gasteiger partial charge >= 0.3 is 0 Å². The van der Waals surface area contributed by atoms with Crippen LogP contribution in [0.2, 0.25) is 0 Å². The van der Waals surface area contributed by atoms with Gasteiger partial charge in [0.1, 0.15) is 0 Å². The number of hydrogen-bond acceptors (Lipinski definition) is 3. The SMILES string of the molecule is O=C(NC1CC2CCC1C2)C1CCCN(S(=O)(=O)Cc2ccccc2)C1. The van der Waals surface area contributed by atoms with E-state index in [0.717, 1.165) is 30.7 Å². The van der Waals surface area contributed by atoms with E-state index >= 15 is 0 Å². The van der Waals surface area contributed by atoms with Crippen molar-refractivity contribution in [1.29, 1.82) is 0 Å². The number of nitrogens with zero attached hydrogens (tertiary/aromatic N) is 1. The van der Waals surface area contributed by atoms with Crippen molar-refractivity contribution < 1.29 is 13.2 Å². The van der Waals surface area contributed by atoms with E-state index in [1.807, 2.05) is 30.3 Å². The van der Waals surface area contributed by atoms with Gasteiger partial charge in [-0.2, -0.15) is 0 Å². The Bertz CT molecular complexity index is 750. The Morgan fingerprint density at radius 1 is 1.12 bits per heavy atom. The molecule has 5 nitrogen and oxygen atoms in total. The third-order valence-corrected chi connectivity index (χ3v) is 8.22. The molecule has 0 radical (unpaired) electrons. The Balaban J connectivity index is 1.36. The second-order valence-electron chi connectivity index (χ2n) is 8.23. The summed E-state index contributed by atoms with van der Waals surface area (Å²) in [7, 11) is -3.39. The third kappa shape index (κ3) is 3.81. The van der Waals surface area contributed by atoms with E-state index in [2.05, 4.69) is 5.32 Å². The number of sulfonamides is 1. The maximum atomic E-state index is 12.8. The minimum absolute atomic E-state index is 0.00849. The third-order valence-electron chi connectivity index (χ3n) is 6.41. The fraction of sp³-hybridized carbons (Fsp3) is 0.650. The van der Waals surface area contributed by atoms with Crippen molar-refractivity contribution in [2.24, 2.45) is 17.8 Å². The Hall–Kier alpha value is -1.40. The van der Waals surface area contributed by atoms with E-state index in [-0.39, 0.29) is 17.6 Å². The van der Waals surface area contributed by atoms with Crippen LogP contribution < -0.4 is 5.32 Å². The van der Waals surface area contributed by atoms with Crippen molar-refractivity contribution in [2.45, 2.75) is 50.3 Å². The summed E-state index contributed by atoms with van der Waals surface area (Å²) in [5, 5.41) is 3.24. The van der Waals surface area contributed by atoms with Crippen molar-refractivity contribution in [1.82, 2.24) is 9.62 Å². The Kier molecular flexibility index (Phi) is 5.06. The van der Waals surface area contributed by atoms with Crippen LogP contribution in [0.25, 0.3) is 0 Å². The zero-order valence-electron chi connectivity index (χ0n) is 15.1. The maximum absolute atomic E-state index is 12.8. The van der Waals surface area contributed by atoms with Crippen LogP contribution in [0.5, 0.6) is 0 Å². The van der Waals surface area contributed by atoms with Gasteiger partial charge in [-0.25, -0.2) is 12.7 Å². The highest BCUT2D eigenvalue weighted by Gasteiger charge is 2.41. The van der Waals surface area contributed by atoms with E-state index in [4.69, 9.17) is 0 Å². The van der Waals surface area contributed by atoms with E-state index < -0.39 is 10.0 Å². The lowest BCUT2D eigenvalue weighted by molar-refractivity contribution is -0.127. The first-order valence-electron chi connectivity index (χ1n) is 9.83. The molecule has 6 heteroatoms. The van der Waals surface area contributed by atoms with Crippen molar-refractivity contribution in [3.63, 3.8) is 0 Å². The monoisotopic (exact) mass is 376 g/mol. The molecule has 4 unspecified atom stereocenters. The predicted molar refractivity (Wildman–Crippen MR) is 101 cm³/mol. The van der Waals surface area contributed by atoms with Crippen LogP contribution in [0, 0.1) is 17.8 Å². The van der Waals surface area contributed by atoms with E-state index in [9.17, 15) is 13.2 Å². The number of hydrogen-bond donors (Lipinski definition) is 1. The van der Waals surface area contributed by atoms with Gasteiger partial charge in [0.2, 0.25) is 15.9 Å². The smallest absolute Gasteiger partial charge is 0.224 e. The summed E-state index contributed by atoms with van der Waals surface area (Å²) in [4.78, 5) is 12.7. The quantitative estimate of drug-likeness (QED) is 0.859. The molecule has 1 aromatic rings. The largest absolute Gasteiger partial charge is 0.353 e. The summed E-state index contributed by atoms with van der Waals surface area (Å²) in [6.45, 7) is 0.842. The van der Waals surface area contributed by atoms with Gasteiger partial charge in [0.25, 0.3) is 0 Å². The lowest BCUT2D eigenvalue weighted by Gasteiger charge is -2.33. The number of fused-ring (bicyclic) bond motifs is 2. The Morgan fingerprint density at radius 3 is 2.62 bits per heavy atom. The molecule has 1 saturated heterocycles. The highest BCUT2D eigenvalue weighted by atomic mass is 32.2. The van der Waals surface area contributed by atoms with Gasteiger partial charge in [-0.05, 0) is 49.5 Å². The average Bonchev–Trinajstić information content (AvgIpc) is 3.25. The van der Waals surface area contributed by atoms with E-state index in [0.29, 0.717) is 25.0 Å². The molecular weight excluding hydrogens is 348 g/mol. The zero-order chi connectivity index (χ0) is 18.1. The first kappa shape index (κ1) is 18.0. The van der Waals surface area contributed by atoms with Crippen LogP contribution in [0.3, 0.4) is 0 Å². The highest BCUT2D eigenvalue weighted by Crippen LogP contribution is 2.44. The van der Waals surface area contributed by atoms with Crippen LogP contribution in [0.4, 0.5) is 0 Å². The fourth-order valence-electron chi connectivity index (χ4n) is 5.01. The topological polar surface area (TPSA) is 66.5 Å². The summed E-state index contributed by atoms with van der Waals surface area (Å²) < 4.78 is 27.1. The minimum atomic E-state index is -3.39. The van der Waals surface area contributed by atoms with E-state index in [1.165, 1.54) is 23.6 Å². The van der Waals surface area contributed by atoms with Crippen LogP contribution >= 0.6 is 0 Å². The molecule has 3 fully saturated rings.